The maximum absolute atomic E-state index is 12.1. The van der Waals surface area contributed by atoms with E-state index in [-0.39, 0.29) is 12.0 Å². The summed E-state index contributed by atoms with van der Waals surface area (Å²) in [7, 11) is 0. The third-order valence-electron chi connectivity index (χ3n) is 3.76. The Labute approximate surface area is 126 Å². The number of ether oxygens (including phenoxy) is 1. The monoisotopic (exact) mass is 286 g/mol. The minimum atomic E-state index is -0.0462. The Bertz CT molecular complexity index is 528. The van der Waals surface area contributed by atoms with Gasteiger partial charge in [0.2, 0.25) is 0 Å². The molecule has 112 valence electrons. The first-order chi connectivity index (χ1) is 10.2. The quantitative estimate of drug-likeness (QED) is 0.825. The summed E-state index contributed by atoms with van der Waals surface area (Å²) in [6.07, 6.45) is 2.29. The number of rotatable bonds is 4. The Hall–Kier alpha value is -1.83. The molecule has 4 nitrogen and oxygen atoms in total. The molecule has 0 aliphatic carbocycles. The summed E-state index contributed by atoms with van der Waals surface area (Å²) in [6, 6.07) is 7.26. The number of benzene rings is 1. The van der Waals surface area contributed by atoms with Crippen LogP contribution in [0.4, 0.5) is 0 Å². The summed E-state index contributed by atoms with van der Waals surface area (Å²) in [5.74, 6) is 6.11. The van der Waals surface area contributed by atoms with Gasteiger partial charge in [0.15, 0.2) is 0 Å². The van der Waals surface area contributed by atoms with Gasteiger partial charge in [-0.15, -0.1) is 0 Å². The molecule has 3 N–H and O–H groups in total. The van der Waals surface area contributed by atoms with Gasteiger partial charge in [0.25, 0.3) is 5.91 Å². The van der Waals surface area contributed by atoms with Gasteiger partial charge in [0, 0.05) is 30.2 Å². The van der Waals surface area contributed by atoms with Crippen LogP contribution in [0.3, 0.4) is 0 Å². The summed E-state index contributed by atoms with van der Waals surface area (Å²) in [6.45, 7) is 3.93. The maximum atomic E-state index is 12.1. The molecule has 1 aromatic rings. The minimum absolute atomic E-state index is 0.0462. The smallest absolute Gasteiger partial charge is 0.251 e. The second-order valence-electron chi connectivity index (χ2n) is 5.16. The summed E-state index contributed by atoms with van der Waals surface area (Å²) in [5, 5.41) is 2.99. The molecule has 1 fully saturated rings. The Morgan fingerprint density at radius 1 is 1.43 bits per heavy atom. The molecular weight excluding hydrogens is 264 g/mol. The second kappa shape index (κ2) is 7.82. The van der Waals surface area contributed by atoms with Crippen LogP contribution in [0.2, 0.25) is 0 Å². The SMILES string of the molecule is CCC1OCCC1CNC(=O)c1ccc(C#CCN)cc1. The van der Waals surface area contributed by atoms with Gasteiger partial charge in [0.1, 0.15) is 0 Å². The molecule has 1 amide bonds. The number of hydrogen-bond donors (Lipinski definition) is 2. The van der Waals surface area contributed by atoms with Gasteiger partial charge >= 0.3 is 0 Å². The molecule has 1 heterocycles. The first-order valence-electron chi connectivity index (χ1n) is 7.43. The van der Waals surface area contributed by atoms with Crippen LogP contribution in [0.15, 0.2) is 24.3 Å². The van der Waals surface area contributed by atoms with Crippen LogP contribution in [-0.4, -0.2) is 31.7 Å². The molecule has 1 aliphatic rings. The van der Waals surface area contributed by atoms with E-state index in [1.54, 1.807) is 12.1 Å². The Balaban J connectivity index is 1.88. The predicted octanol–water partition coefficient (Wildman–Crippen LogP) is 1.54. The van der Waals surface area contributed by atoms with Crippen LogP contribution in [0, 0.1) is 17.8 Å². The fourth-order valence-electron chi connectivity index (χ4n) is 2.56. The summed E-state index contributed by atoms with van der Waals surface area (Å²) in [5.41, 5.74) is 6.85. The van der Waals surface area contributed by atoms with Crippen LogP contribution >= 0.6 is 0 Å². The van der Waals surface area contributed by atoms with Crippen molar-refractivity contribution in [3.8, 4) is 11.8 Å². The van der Waals surface area contributed by atoms with Gasteiger partial charge in [0.05, 0.1) is 12.6 Å². The molecule has 4 heteroatoms. The fourth-order valence-corrected chi connectivity index (χ4v) is 2.56. The highest BCUT2D eigenvalue weighted by molar-refractivity contribution is 5.94. The largest absolute Gasteiger partial charge is 0.378 e. The highest BCUT2D eigenvalue weighted by Gasteiger charge is 2.26. The summed E-state index contributed by atoms with van der Waals surface area (Å²) >= 11 is 0. The van der Waals surface area contributed by atoms with Crippen LogP contribution in [0.5, 0.6) is 0 Å². The average Bonchev–Trinajstić information content (AvgIpc) is 2.98. The lowest BCUT2D eigenvalue weighted by molar-refractivity contribution is 0.0827. The van der Waals surface area contributed by atoms with Crippen LogP contribution < -0.4 is 11.1 Å². The van der Waals surface area contributed by atoms with E-state index < -0.39 is 0 Å². The number of amides is 1. The van der Waals surface area contributed by atoms with Gasteiger partial charge < -0.3 is 15.8 Å². The number of carbonyl (C=O) groups is 1. The van der Waals surface area contributed by atoms with Gasteiger partial charge in [-0.3, -0.25) is 4.79 Å². The molecule has 0 radical (unpaired) electrons. The first-order valence-corrected chi connectivity index (χ1v) is 7.43. The molecular formula is C17H22N2O2. The lowest BCUT2D eigenvalue weighted by Crippen LogP contribution is -2.32. The number of nitrogens with one attached hydrogen (secondary N) is 1. The van der Waals surface area contributed by atoms with Gasteiger partial charge in [-0.25, -0.2) is 0 Å². The first kappa shape index (κ1) is 15.6. The zero-order valence-corrected chi connectivity index (χ0v) is 12.4. The average molecular weight is 286 g/mol. The zero-order chi connectivity index (χ0) is 15.1. The van der Waals surface area contributed by atoms with Crippen molar-refractivity contribution in [1.82, 2.24) is 5.32 Å². The fraction of sp³-hybridized carbons (Fsp3) is 0.471. The lowest BCUT2D eigenvalue weighted by Gasteiger charge is -2.17. The van der Waals surface area contributed by atoms with Crippen molar-refractivity contribution in [1.29, 1.82) is 0 Å². The Kier molecular flexibility index (Phi) is 5.79. The van der Waals surface area contributed by atoms with E-state index in [2.05, 4.69) is 24.1 Å². The van der Waals surface area contributed by atoms with Crippen molar-refractivity contribution in [2.24, 2.45) is 11.7 Å². The van der Waals surface area contributed by atoms with E-state index in [1.807, 2.05) is 12.1 Å². The molecule has 1 saturated heterocycles. The maximum Gasteiger partial charge on any atom is 0.251 e. The highest BCUT2D eigenvalue weighted by Crippen LogP contribution is 2.22. The number of nitrogens with two attached hydrogens (primary N) is 1. The lowest BCUT2D eigenvalue weighted by atomic mass is 9.99. The Morgan fingerprint density at radius 2 is 2.19 bits per heavy atom. The van der Waals surface area contributed by atoms with Crippen molar-refractivity contribution in [2.75, 3.05) is 19.7 Å². The minimum Gasteiger partial charge on any atom is -0.378 e. The van der Waals surface area contributed by atoms with E-state index in [0.29, 0.717) is 24.6 Å². The molecule has 21 heavy (non-hydrogen) atoms. The molecule has 1 aliphatic heterocycles. The molecule has 0 bridgehead atoms. The van der Waals surface area contributed by atoms with Crippen LogP contribution in [-0.2, 0) is 4.74 Å². The van der Waals surface area contributed by atoms with Crippen molar-refractivity contribution in [3.63, 3.8) is 0 Å². The van der Waals surface area contributed by atoms with Crippen molar-refractivity contribution in [2.45, 2.75) is 25.9 Å². The second-order valence-corrected chi connectivity index (χ2v) is 5.16. The highest BCUT2D eigenvalue weighted by atomic mass is 16.5. The Morgan fingerprint density at radius 3 is 2.86 bits per heavy atom. The van der Waals surface area contributed by atoms with E-state index in [4.69, 9.17) is 10.5 Å². The zero-order valence-electron chi connectivity index (χ0n) is 12.4. The van der Waals surface area contributed by atoms with E-state index in [1.165, 1.54) is 0 Å². The molecule has 2 unspecified atom stereocenters. The van der Waals surface area contributed by atoms with Crippen molar-refractivity contribution >= 4 is 5.91 Å². The number of carbonyl (C=O) groups excluding carboxylic acids is 1. The van der Waals surface area contributed by atoms with E-state index >= 15 is 0 Å². The molecule has 0 aromatic heterocycles. The van der Waals surface area contributed by atoms with Crippen molar-refractivity contribution < 1.29 is 9.53 Å². The predicted molar refractivity (Wildman–Crippen MR) is 82.8 cm³/mol. The van der Waals surface area contributed by atoms with Gasteiger partial charge in [-0.2, -0.15) is 0 Å². The van der Waals surface area contributed by atoms with Crippen LogP contribution in [0.25, 0.3) is 0 Å². The van der Waals surface area contributed by atoms with E-state index in [9.17, 15) is 4.79 Å². The topological polar surface area (TPSA) is 64.3 Å². The molecule has 1 aromatic carbocycles. The van der Waals surface area contributed by atoms with Crippen LogP contribution in [0.1, 0.15) is 35.7 Å². The molecule has 0 saturated carbocycles. The molecule has 2 atom stereocenters. The van der Waals surface area contributed by atoms with E-state index in [0.717, 1.165) is 25.0 Å². The normalized spacial score (nSPS) is 20.7. The van der Waals surface area contributed by atoms with Gasteiger partial charge in [-0.05, 0) is 37.1 Å². The van der Waals surface area contributed by atoms with Gasteiger partial charge in [-0.1, -0.05) is 18.8 Å². The summed E-state index contributed by atoms with van der Waals surface area (Å²) < 4.78 is 5.63. The van der Waals surface area contributed by atoms with Crippen molar-refractivity contribution in [3.05, 3.63) is 35.4 Å². The molecule has 2 rings (SSSR count). The molecule has 0 spiro atoms. The number of hydrogen-bond acceptors (Lipinski definition) is 3. The standard InChI is InChI=1S/C17H22N2O2/c1-2-16-15(9-11-21-16)12-19-17(20)14-7-5-13(6-8-14)4-3-10-18/h5-8,15-16H,2,9-12,18H2,1H3,(H,19,20). The summed E-state index contributed by atoms with van der Waals surface area (Å²) in [4.78, 5) is 12.1. The third kappa shape index (κ3) is 4.32. The third-order valence-corrected chi connectivity index (χ3v) is 3.76.